The van der Waals surface area contributed by atoms with Crippen LogP contribution in [0.5, 0.6) is 0 Å². The maximum atomic E-state index is 13.4. The molecule has 174 valence electrons. The summed E-state index contributed by atoms with van der Waals surface area (Å²) in [6, 6.07) is 9.37. The molecule has 2 aromatic rings. The molecule has 0 fully saturated rings. The fraction of sp³-hybridized carbons (Fsp3) is 0.364. The maximum absolute atomic E-state index is 13.4. The summed E-state index contributed by atoms with van der Waals surface area (Å²) in [6.07, 6.45) is 1.05. The highest BCUT2D eigenvalue weighted by atomic mass is 35.5. The molecule has 1 atom stereocenters. The normalized spacial score (nSPS) is 12.2. The van der Waals surface area contributed by atoms with E-state index >= 15 is 0 Å². The Bertz CT molecular complexity index is 1120. The third kappa shape index (κ3) is 6.37. The number of anilines is 1. The number of likely N-dealkylation sites (N-methyl/N-ethyl adjacent to an activating group) is 1. The minimum absolute atomic E-state index is 0.0504. The van der Waals surface area contributed by atoms with Crippen molar-refractivity contribution in [1.29, 1.82) is 0 Å². The maximum Gasteiger partial charge on any atom is 0.244 e. The van der Waals surface area contributed by atoms with Crippen molar-refractivity contribution in [3.63, 3.8) is 0 Å². The van der Waals surface area contributed by atoms with Gasteiger partial charge < -0.3 is 10.2 Å². The van der Waals surface area contributed by atoms with Crippen LogP contribution in [0.1, 0.15) is 23.6 Å². The van der Waals surface area contributed by atoms with Crippen LogP contribution in [0.25, 0.3) is 0 Å². The first-order chi connectivity index (χ1) is 14.8. The summed E-state index contributed by atoms with van der Waals surface area (Å²) >= 11 is 12.1. The zero-order valence-electron chi connectivity index (χ0n) is 18.6. The van der Waals surface area contributed by atoms with Crippen molar-refractivity contribution in [2.75, 3.05) is 24.2 Å². The molecule has 2 aromatic carbocycles. The molecule has 32 heavy (non-hydrogen) atoms. The molecular formula is C22H27Cl2N3O4S. The average Bonchev–Trinajstić information content (AvgIpc) is 2.71. The molecule has 2 rings (SSSR count). The summed E-state index contributed by atoms with van der Waals surface area (Å²) in [6.45, 7) is 4.86. The molecule has 0 unspecified atom stereocenters. The third-order valence-corrected chi connectivity index (χ3v) is 6.92. The van der Waals surface area contributed by atoms with E-state index < -0.39 is 28.5 Å². The van der Waals surface area contributed by atoms with Crippen LogP contribution < -0.4 is 9.62 Å². The second-order valence-electron chi connectivity index (χ2n) is 7.62. The number of aryl methyl sites for hydroxylation is 2. The van der Waals surface area contributed by atoms with Gasteiger partial charge in [-0.15, -0.1) is 0 Å². The van der Waals surface area contributed by atoms with Gasteiger partial charge in [-0.25, -0.2) is 8.42 Å². The van der Waals surface area contributed by atoms with Gasteiger partial charge in [-0.05, 0) is 50.1 Å². The molecule has 0 bridgehead atoms. The van der Waals surface area contributed by atoms with Gasteiger partial charge in [-0.1, -0.05) is 47.0 Å². The molecule has 0 radical (unpaired) electrons. The van der Waals surface area contributed by atoms with Gasteiger partial charge in [0.05, 0.1) is 22.0 Å². The molecule has 0 saturated heterocycles. The van der Waals surface area contributed by atoms with Crippen molar-refractivity contribution in [2.45, 2.75) is 33.4 Å². The first-order valence-corrected chi connectivity index (χ1v) is 12.5. The number of hydrogen-bond donors (Lipinski definition) is 1. The second kappa shape index (κ2) is 10.6. The van der Waals surface area contributed by atoms with E-state index in [0.717, 1.165) is 21.7 Å². The number of amides is 2. The molecule has 0 saturated carbocycles. The van der Waals surface area contributed by atoms with Crippen LogP contribution in [-0.4, -0.2) is 51.0 Å². The SMILES string of the molecule is CNC(=O)[C@H](C)N(Cc1ccc(Cl)c(Cl)c1)C(=O)CN(c1ccc(C)cc1C)S(C)(=O)=O. The van der Waals surface area contributed by atoms with Crippen LogP contribution in [0.15, 0.2) is 36.4 Å². The number of carbonyl (C=O) groups is 2. The standard InChI is InChI=1S/C22H27Cl2N3O4S/c1-14-6-9-20(15(2)10-14)27(32(5,30)31)13-21(28)26(16(3)22(29)25-4)12-17-7-8-18(23)19(24)11-17/h6-11,16H,12-13H2,1-5H3,(H,25,29)/t16-/m0/s1. The van der Waals surface area contributed by atoms with Gasteiger partial charge in [-0.2, -0.15) is 0 Å². The number of rotatable bonds is 8. The zero-order valence-corrected chi connectivity index (χ0v) is 21.0. The van der Waals surface area contributed by atoms with Crippen LogP contribution >= 0.6 is 23.2 Å². The highest BCUT2D eigenvalue weighted by Gasteiger charge is 2.30. The van der Waals surface area contributed by atoms with Gasteiger partial charge in [0.2, 0.25) is 21.8 Å². The molecule has 0 aliphatic rings. The van der Waals surface area contributed by atoms with Gasteiger partial charge in [0, 0.05) is 13.6 Å². The Balaban J connectivity index is 2.43. The van der Waals surface area contributed by atoms with E-state index in [4.69, 9.17) is 23.2 Å². The van der Waals surface area contributed by atoms with Crippen molar-refractivity contribution in [1.82, 2.24) is 10.2 Å². The van der Waals surface area contributed by atoms with Gasteiger partial charge in [0.25, 0.3) is 0 Å². The number of carbonyl (C=O) groups excluding carboxylic acids is 2. The van der Waals surface area contributed by atoms with E-state index in [0.29, 0.717) is 21.3 Å². The number of benzene rings is 2. The molecule has 2 amide bonds. The Hall–Kier alpha value is -2.29. The molecule has 0 aliphatic heterocycles. The van der Waals surface area contributed by atoms with E-state index in [-0.39, 0.29) is 12.5 Å². The van der Waals surface area contributed by atoms with Crippen molar-refractivity contribution < 1.29 is 18.0 Å². The largest absolute Gasteiger partial charge is 0.357 e. The van der Waals surface area contributed by atoms with Crippen molar-refractivity contribution >= 4 is 50.7 Å². The van der Waals surface area contributed by atoms with E-state index in [1.54, 1.807) is 44.2 Å². The van der Waals surface area contributed by atoms with Crippen molar-refractivity contribution in [3.05, 3.63) is 63.1 Å². The quantitative estimate of drug-likeness (QED) is 0.601. The van der Waals surface area contributed by atoms with E-state index in [1.165, 1.54) is 11.9 Å². The lowest BCUT2D eigenvalue weighted by Crippen LogP contribution is -2.50. The molecule has 10 heteroatoms. The van der Waals surface area contributed by atoms with Gasteiger partial charge in [0.15, 0.2) is 0 Å². The number of nitrogens with zero attached hydrogens (tertiary/aromatic N) is 2. The first kappa shape index (κ1) is 26.0. The van der Waals surface area contributed by atoms with E-state index in [1.807, 2.05) is 13.0 Å². The number of hydrogen-bond acceptors (Lipinski definition) is 4. The minimum atomic E-state index is -3.77. The van der Waals surface area contributed by atoms with Crippen molar-refractivity contribution in [2.24, 2.45) is 0 Å². The van der Waals surface area contributed by atoms with Crippen LogP contribution in [0.3, 0.4) is 0 Å². The predicted octanol–water partition coefficient (Wildman–Crippen LogP) is 3.54. The van der Waals surface area contributed by atoms with Crippen LogP contribution in [0.2, 0.25) is 10.0 Å². The van der Waals surface area contributed by atoms with Gasteiger partial charge in [0.1, 0.15) is 12.6 Å². The average molecular weight is 500 g/mol. The highest BCUT2D eigenvalue weighted by molar-refractivity contribution is 7.92. The summed E-state index contributed by atoms with van der Waals surface area (Å²) in [5.74, 6) is -0.909. The van der Waals surface area contributed by atoms with Crippen LogP contribution in [0, 0.1) is 13.8 Å². The lowest BCUT2D eigenvalue weighted by atomic mass is 10.1. The molecule has 0 heterocycles. The fourth-order valence-corrected chi connectivity index (χ4v) is 4.53. The van der Waals surface area contributed by atoms with E-state index in [2.05, 4.69) is 5.32 Å². The van der Waals surface area contributed by atoms with Crippen LogP contribution in [-0.2, 0) is 26.2 Å². The molecule has 7 nitrogen and oxygen atoms in total. The highest BCUT2D eigenvalue weighted by Crippen LogP contribution is 2.26. The topological polar surface area (TPSA) is 86.8 Å². The minimum Gasteiger partial charge on any atom is -0.357 e. The lowest BCUT2D eigenvalue weighted by Gasteiger charge is -2.31. The summed E-state index contributed by atoms with van der Waals surface area (Å²) < 4.78 is 26.2. The predicted molar refractivity (Wildman–Crippen MR) is 129 cm³/mol. The summed E-state index contributed by atoms with van der Waals surface area (Å²) in [5, 5.41) is 3.21. The summed E-state index contributed by atoms with van der Waals surface area (Å²) in [7, 11) is -2.30. The fourth-order valence-electron chi connectivity index (χ4n) is 3.31. The Morgan fingerprint density at radius 2 is 1.72 bits per heavy atom. The van der Waals surface area contributed by atoms with Gasteiger partial charge >= 0.3 is 0 Å². The Morgan fingerprint density at radius 1 is 1.06 bits per heavy atom. The van der Waals surface area contributed by atoms with E-state index in [9.17, 15) is 18.0 Å². The molecule has 1 N–H and O–H groups in total. The van der Waals surface area contributed by atoms with Gasteiger partial charge in [-0.3, -0.25) is 13.9 Å². The molecule has 0 aromatic heterocycles. The zero-order chi connectivity index (χ0) is 24.2. The van der Waals surface area contributed by atoms with Crippen molar-refractivity contribution in [3.8, 4) is 0 Å². The smallest absolute Gasteiger partial charge is 0.244 e. The Morgan fingerprint density at radius 3 is 2.25 bits per heavy atom. The molecule has 0 aliphatic carbocycles. The Kier molecular flexibility index (Phi) is 8.56. The third-order valence-electron chi connectivity index (χ3n) is 5.05. The Labute approximate surface area is 199 Å². The summed E-state index contributed by atoms with van der Waals surface area (Å²) in [5.41, 5.74) is 2.76. The number of halogens is 2. The lowest BCUT2D eigenvalue weighted by molar-refractivity contribution is -0.139. The molecule has 0 spiro atoms. The van der Waals surface area contributed by atoms with Crippen LogP contribution in [0.4, 0.5) is 5.69 Å². The second-order valence-corrected chi connectivity index (χ2v) is 10.3. The number of sulfonamides is 1. The monoisotopic (exact) mass is 499 g/mol. The molecular weight excluding hydrogens is 473 g/mol. The first-order valence-electron chi connectivity index (χ1n) is 9.85. The summed E-state index contributed by atoms with van der Waals surface area (Å²) in [4.78, 5) is 27.0. The number of nitrogens with one attached hydrogen (secondary N) is 1.